The van der Waals surface area contributed by atoms with Crippen molar-refractivity contribution in [2.45, 2.75) is 19.9 Å². The molecular formula is C20H18BrClN4. The van der Waals surface area contributed by atoms with Gasteiger partial charge in [0.15, 0.2) is 0 Å². The van der Waals surface area contributed by atoms with Crippen molar-refractivity contribution in [2.75, 3.05) is 16.8 Å². The molecule has 4 nitrogen and oxygen atoms in total. The van der Waals surface area contributed by atoms with Gasteiger partial charge in [-0.05, 0) is 54.8 Å². The molecule has 0 bridgehead atoms. The standard InChI is InChI=1S/C20H18BrClN4/c1-13-9-19(25-20(23-13)24-18-4-2-3-17(22)11-18)26-8-7-14-10-16(21)6-5-15(14)12-26/h2-6,9-11H,7-8,12H2,1H3,(H,23,24,25). The van der Waals surface area contributed by atoms with Gasteiger partial charge in [-0.3, -0.25) is 0 Å². The molecule has 0 atom stereocenters. The Balaban J connectivity index is 1.59. The molecule has 0 saturated carbocycles. The zero-order chi connectivity index (χ0) is 18.1. The monoisotopic (exact) mass is 428 g/mol. The first-order chi connectivity index (χ1) is 12.6. The van der Waals surface area contributed by atoms with Crippen molar-refractivity contribution in [2.24, 2.45) is 0 Å². The van der Waals surface area contributed by atoms with Gasteiger partial charge in [0.2, 0.25) is 5.95 Å². The van der Waals surface area contributed by atoms with E-state index in [4.69, 9.17) is 16.6 Å². The largest absolute Gasteiger partial charge is 0.352 e. The smallest absolute Gasteiger partial charge is 0.229 e. The molecule has 0 radical (unpaired) electrons. The van der Waals surface area contributed by atoms with Gasteiger partial charge >= 0.3 is 0 Å². The number of fused-ring (bicyclic) bond motifs is 1. The predicted molar refractivity (Wildman–Crippen MR) is 110 cm³/mol. The Kier molecular flexibility index (Phi) is 4.83. The maximum absolute atomic E-state index is 6.06. The molecule has 0 amide bonds. The molecule has 0 unspecified atom stereocenters. The van der Waals surface area contributed by atoms with E-state index < -0.39 is 0 Å². The molecule has 3 aromatic rings. The average Bonchev–Trinajstić information content (AvgIpc) is 2.61. The van der Waals surface area contributed by atoms with Gasteiger partial charge in [-0.1, -0.05) is 39.7 Å². The van der Waals surface area contributed by atoms with E-state index in [0.717, 1.165) is 41.2 Å². The number of aromatic nitrogens is 2. The highest BCUT2D eigenvalue weighted by Gasteiger charge is 2.18. The molecule has 132 valence electrons. The van der Waals surface area contributed by atoms with E-state index in [-0.39, 0.29) is 0 Å². The van der Waals surface area contributed by atoms with Crippen LogP contribution in [0, 0.1) is 6.92 Å². The normalized spacial score (nSPS) is 13.4. The van der Waals surface area contributed by atoms with Crippen LogP contribution in [0.15, 0.2) is 53.0 Å². The third-order valence-corrected chi connectivity index (χ3v) is 5.15. The Morgan fingerprint density at radius 1 is 1.08 bits per heavy atom. The van der Waals surface area contributed by atoms with Crippen LogP contribution in [0.3, 0.4) is 0 Å². The Bertz CT molecular complexity index is 960. The Morgan fingerprint density at radius 2 is 1.96 bits per heavy atom. The summed E-state index contributed by atoms with van der Waals surface area (Å²) in [5, 5.41) is 3.93. The van der Waals surface area contributed by atoms with Gasteiger partial charge in [0.25, 0.3) is 0 Å². The van der Waals surface area contributed by atoms with Gasteiger partial charge in [-0.15, -0.1) is 0 Å². The minimum atomic E-state index is 0.587. The summed E-state index contributed by atoms with van der Waals surface area (Å²) in [6, 6.07) is 16.1. The van der Waals surface area contributed by atoms with Gasteiger partial charge in [-0.25, -0.2) is 4.98 Å². The fourth-order valence-corrected chi connectivity index (χ4v) is 3.78. The highest BCUT2D eigenvalue weighted by molar-refractivity contribution is 9.10. The van der Waals surface area contributed by atoms with Crippen LogP contribution in [0.5, 0.6) is 0 Å². The summed E-state index contributed by atoms with van der Waals surface area (Å²) in [5.74, 6) is 1.53. The molecule has 2 aromatic carbocycles. The molecule has 0 aliphatic carbocycles. The topological polar surface area (TPSA) is 41.1 Å². The van der Waals surface area contributed by atoms with E-state index >= 15 is 0 Å². The Labute approximate surface area is 166 Å². The van der Waals surface area contributed by atoms with Crippen LogP contribution < -0.4 is 10.2 Å². The first-order valence-corrected chi connectivity index (χ1v) is 9.64. The lowest BCUT2D eigenvalue weighted by atomic mass is 10.00. The van der Waals surface area contributed by atoms with Crippen LogP contribution in [-0.2, 0) is 13.0 Å². The number of rotatable bonds is 3. The maximum Gasteiger partial charge on any atom is 0.229 e. The predicted octanol–water partition coefficient (Wildman–Crippen LogP) is 5.51. The molecule has 6 heteroatoms. The number of halogens is 2. The SMILES string of the molecule is Cc1cc(N2CCc3cc(Br)ccc3C2)nc(Nc2cccc(Cl)c2)n1. The summed E-state index contributed by atoms with van der Waals surface area (Å²) in [5.41, 5.74) is 4.56. The summed E-state index contributed by atoms with van der Waals surface area (Å²) in [6.45, 7) is 3.79. The van der Waals surface area contributed by atoms with Crippen molar-refractivity contribution in [1.82, 2.24) is 9.97 Å². The second-order valence-electron chi connectivity index (χ2n) is 6.41. The van der Waals surface area contributed by atoms with Gasteiger partial charge in [0, 0.05) is 40.0 Å². The zero-order valence-electron chi connectivity index (χ0n) is 14.3. The lowest BCUT2D eigenvalue weighted by Gasteiger charge is -2.30. The third kappa shape index (κ3) is 3.84. The van der Waals surface area contributed by atoms with Crippen molar-refractivity contribution in [3.8, 4) is 0 Å². The lowest BCUT2D eigenvalue weighted by Crippen LogP contribution is -2.31. The number of anilines is 3. The average molecular weight is 430 g/mol. The number of benzene rings is 2. The van der Waals surface area contributed by atoms with Crippen LogP contribution in [0.4, 0.5) is 17.5 Å². The molecule has 2 heterocycles. The fourth-order valence-electron chi connectivity index (χ4n) is 3.18. The fraction of sp³-hybridized carbons (Fsp3) is 0.200. The number of aryl methyl sites for hydroxylation is 1. The second kappa shape index (κ2) is 7.25. The Morgan fingerprint density at radius 3 is 2.81 bits per heavy atom. The second-order valence-corrected chi connectivity index (χ2v) is 7.76. The summed E-state index contributed by atoms with van der Waals surface area (Å²) < 4.78 is 1.13. The van der Waals surface area contributed by atoms with Crippen LogP contribution in [-0.4, -0.2) is 16.5 Å². The molecule has 1 N–H and O–H groups in total. The molecule has 1 aromatic heterocycles. The summed E-state index contributed by atoms with van der Waals surface area (Å²) >= 11 is 9.62. The van der Waals surface area contributed by atoms with Crippen molar-refractivity contribution in [1.29, 1.82) is 0 Å². The lowest BCUT2D eigenvalue weighted by molar-refractivity contribution is 0.718. The number of hydrogen-bond acceptors (Lipinski definition) is 4. The van der Waals surface area contributed by atoms with Gasteiger partial charge in [0.1, 0.15) is 5.82 Å². The summed E-state index contributed by atoms with van der Waals surface area (Å²) in [6.07, 6.45) is 1.01. The molecule has 0 saturated heterocycles. The molecule has 1 aliphatic rings. The van der Waals surface area contributed by atoms with Crippen LogP contribution in [0.25, 0.3) is 0 Å². The van der Waals surface area contributed by atoms with E-state index in [9.17, 15) is 0 Å². The minimum Gasteiger partial charge on any atom is -0.352 e. The van der Waals surface area contributed by atoms with Gasteiger partial charge in [-0.2, -0.15) is 4.98 Å². The molecule has 1 aliphatic heterocycles. The first kappa shape index (κ1) is 17.3. The van der Waals surface area contributed by atoms with Crippen LogP contribution in [0.1, 0.15) is 16.8 Å². The number of nitrogens with zero attached hydrogens (tertiary/aromatic N) is 3. The van der Waals surface area contributed by atoms with Crippen molar-refractivity contribution >= 4 is 45.0 Å². The van der Waals surface area contributed by atoms with E-state index in [1.807, 2.05) is 37.3 Å². The van der Waals surface area contributed by atoms with Gasteiger partial charge < -0.3 is 10.2 Å². The Hall–Kier alpha value is -2.11. The molecule has 26 heavy (non-hydrogen) atoms. The summed E-state index contributed by atoms with van der Waals surface area (Å²) in [7, 11) is 0. The van der Waals surface area contributed by atoms with Crippen LogP contribution >= 0.6 is 27.5 Å². The van der Waals surface area contributed by atoms with Crippen LogP contribution in [0.2, 0.25) is 5.02 Å². The summed E-state index contributed by atoms with van der Waals surface area (Å²) in [4.78, 5) is 11.5. The van der Waals surface area contributed by atoms with E-state index in [1.54, 1.807) is 0 Å². The van der Waals surface area contributed by atoms with Crippen molar-refractivity contribution in [3.63, 3.8) is 0 Å². The maximum atomic E-state index is 6.06. The third-order valence-electron chi connectivity index (χ3n) is 4.43. The molecule has 0 spiro atoms. The molecule has 0 fully saturated rings. The highest BCUT2D eigenvalue weighted by atomic mass is 79.9. The van der Waals surface area contributed by atoms with E-state index in [2.05, 4.69) is 49.3 Å². The van der Waals surface area contributed by atoms with E-state index in [0.29, 0.717) is 11.0 Å². The van der Waals surface area contributed by atoms with Crippen molar-refractivity contribution < 1.29 is 0 Å². The highest BCUT2D eigenvalue weighted by Crippen LogP contribution is 2.27. The van der Waals surface area contributed by atoms with E-state index in [1.165, 1.54) is 11.1 Å². The van der Waals surface area contributed by atoms with Gasteiger partial charge in [0.05, 0.1) is 0 Å². The van der Waals surface area contributed by atoms with Crippen molar-refractivity contribution in [3.05, 3.63) is 74.8 Å². The zero-order valence-corrected chi connectivity index (χ0v) is 16.7. The number of hydrogen-bond donors (Lipinski definition) is 1. The molecular weight excluding hydrogens is 412 g/mol. The quantitative estimate of drug-likeness (QED) is 0.596. The minimum absolute atomic E-state index is 0.587. The molecule has 4 rings (SSSR count). The first-order valence-electron chi connectivity index (χ1n) is 8.47. The number of nitrogens with one attached hydrogen (secondary N) is 1.